The molecular formula is C36H39N7O3. The van der Waals surface area contributed by atoms with E-state index >= 15 is 0 Å². The SMILES string of the molecule is Nc1nnc(-c2ccccc2O)cc1-c1ccc(N2CCC(N3CCN(c4ccc(C5CCC(=O)NC5=O)cc4)CC3)CC2)cc1. The van der Waals surface area contributed by atoms with E-state index in [-0.39, 0.29) is 23.5 Å². The fraction of sp³-hybridized carbons (Fsp3) is 0.333. The van der Waals surface area contributed by atoms with Crippen LogP contribution in [-0.4, -0.2) is 77.3 Å². The number of carbonyl (C=O) groups excluding carboxylic acids is 2. The molecule has 1 unspecified atom stereocenters. The Kier molecular flexibility index (Phi) is 8.28. The maximum Gasteiger partial charge on any atom is 0.234 e. The third kappa shape index (κ3) is 6.12. The summed E-state index contributed by atoms with van der Waals surface area (Å²) < 4.78 is 0. The number of amides is 2. The number of aromatic nitrogens is 2. The highest BCUT2D eigenvalue weighted by atomic mass is 16.3. The molecule has 4 N–H and O–H groups in total. The van der Waals surface area contributed by atoms with Crippen LogP contribution in [0.15, 0.2) is 78.9 Å². The van der Waals surface area contributed by atoms with E-state index in [1.54, 1.807) is 12.1 Å². The van der Waals surface area contributed by atoms with Gasteiger partial charge in [0, 0.05) is 74.2 Å². The van der Waals surface area contributed by atoms with Crippen LogP contribution in [0.25, 0.3) is 22.4 Å². The van der Waals surface area contributed by atoms with E-state index in [4.69, 9.17) is 5.73 Å². The van der Waals surface area contributed by atoms with Crippen molar-refractivity contribution in [2.24, 2.45) is 0 Å². The van der Waals surface area contributed by atoms with Gasteiger partial charge in [0.15, 0.2) is 5.82 Å². The lowest BCUT2D eigenvalue weighted by molar-refractivity contribution is -0.134. The molecule has 0 radical (unpaired) electrons. The average Bonchev–Trinajstić information content (AvgIpc) is 3.09. The number of para-hydroxylation sites is 1. The number of nitrogen functional groups attached to an aromatic ring is 1. The van der Waals surface area contributed by atoms with Crippen LogP contribution in [0.5, 0.6) is 5.75 Å². The predicted molar refractivity (Wildman–Crippen MR) is 180 cm³/mol. The van der Waals surface area contributed by atoms with Gasteiger partial charge in [-0.1, -0.05) is 36.4 Å². The minimum Gasteiger partial charge on any atom is -0.507 e. The van der Waals surface area contributed by atoms with Gasteiger partial charge in [-0.2, -0.15) is 0 Å². The van der Waals surface area contributed by atoms with Crippen molar-refractivity contribution >= 4 is 29.0 Å². The number of anilines is 3. The number of benzene rings is 3. The number of hydrogen-bond donors (Lipinski definition) is 3. The van der Waals surface area contributed by atoms with Crippen LogP contribution >= 0.6 is 0 Å². The number of nitrogens with zero attached hydrogens (tertiary/aromatic N) is 5. The van der Waals surface area contributed by atoms with Crippen LogP contribution in [0, 0.1) is 0 Å². The van der Waals surface area contributed by atoms with Crippen LogP contribution in [0.3, 0.4) is 0 Å². The first-order valence-corrected chi connectivity index (χ1v) is 16.1. The molecule has 3 aromatic carbocycles. The molecule has 0 saturated carbocycles. The molecule has 10 nitrogen and oxygen atoms in total. The van der Waals surface area contributed by atoms with Crippen LogP contribution < -0.4 is 20.9 Å². The van der Waals surface area contributed by atoms with E-state index in [0.717, 1.165) is 68.8 Å². The molecule has 7 rings (SSSR count). The zero-order chi connectivity index (χ0) is 31.6. The summed E-state index contributed by atoms with van der Waals surface area (Å²) in [6.07, 6.45) is 3.24. The molecule has 3 fully saturated rings. The Bertz CT molecular complexity index is 1710. The standard InChI is InChI=1S/C36H39N7O3/c37-35-31(23-32(39-40-35)30-3-1-2-4-33(30)44)25-7-11-26(12-8-25)41-17-15-28(16-18-41)43-21-19-42(20-22-43)27-9-5-24(6-10-27)29-13-14-34(45)38-36(29)46/h1-12,23,28-29,44H,13-22H2,(H2,37,40)(H,38,45,46). The molecule has 2 amide bonds. The number of piperazine rings is 1. The van der Waals surface area contributed by atoms with Gasteiger partial charge in [-0.05, 0) is 72.9 Å². The van der Waals surface area contributed by atoms with Gasteiger partial charge in [0.1, 0.15) is 5.75 Å². The van der Waals surface area contributed by atoms with Gasteiger partial charge in [0.2, 0.25) is 11.8 Å². The van der Waals surface area contributed by atoms with E-state index in [2.05, 4.69) is 66.6 Å². The number of phenolic OH excluding ortho intramolecular Hbond substituents is 1. The number of imide groups is 1. The van der Waals surface area contributed by atoms with Crippen molar-refractivity contribution in [1.29, 1.82) is 0 Å². The van der Waals surface area contributed by atoms with E-state index < -0.39 is 0 Å². The molecule has 236 valence electrons. The number of nitrogens with one attached hydrogen (secondary N) is 1. The van der Waals surface area contributed by atoms with Crippen molar-refractivity contribution < 1.29 is 14.7 Å². The van der Waals surface area contributed by atoms with Crippen LogP contribution in [0.2, 0.25) is 0 Å². The zero-order valence-electron chi connectivity index (χ0n) is 25.8. The summed E-state index contributed by atoms with van der Waals surface area (Å²) in [5.41, 5.74) is 12.5. The first kappa shape index (κ1) is 29.7. The predicted octanol–water partition coefficient (Wildman–Crippen LogP) is 4.41. The Morgan fingerprint density at radius 3 is 2.07 bits per heavy atom. The van der Waals surface area contributed by atoms with Crippen LogP contribution in [0.4, 0.5) is 17.2 Å². The lowest BCUT2D eigenvalue weighted by Crippen LogP contribution is -2.53. The monoisotopic (exact) mass is 617 g/mol. The molecule has 0 bridgehead atoms. The number of nitrogens with two attached hydrogens (primary N) is 1. The topological polar surface area (TPSA) is 128 Å². The zero-order valence-corrected chi connectivity index (χ0v) is 25.8. The van der Waals surface area contributed by atoms with E-state index in [9.17, 15) is 14.7 Å². The lowest BCUT2D eigenvalue weighted by atomic mass is 9.90. The van der Waals surface area contributed by atoms with E-state index in [1.165, 1.54) is 11.4 Å². The Labute approximate surface area is 268 Å². The van der Waals surface area contributed by atoms with Gasteiger partial charge >= 0.3 is 0 Å². The molecular weight excluding hydrogens is 578 g/mol. The smallest absolute Gasteiger partial charge is 0.234 e. The summed E-state index contributed by atoms with van der Waals surface area (Å²) in [6, 6.07) is 26.4. The molecule has 0 spiro atoms. The fourth-order valence-corrected chi connectivity index (χ4v) is 7.07. The second-order valence-corrected chi connectivity index (χ2v) is 12.4. The van der Waals surface area contributed by atoms with Crippen molar-refractivity contribution in [3.8, 4) is 28.1 Å². The second kappa shape index (κ2) is 12.8. The minimum absolute atomic E-state index is 0.159. The minimum atomic E-state index is -0.241. The third-order valence-electron chi connectivity index (χ3n) is 9.74. The van der Waals surface area contributed by atoms with E-state index in [1.807, 2.05) is 30.3 Å². The maximum atomic E-state index is 12.3. The maximum absolute atomic E-state index is 12.3. The number of piperidine rings is 2. The largest absolute Gasteiger partial charge is 0.507 e. The Morgan fingerprint density at radius 1 is 0.739 bits per heavy atom. The Balaban J connectivity index is 0.918. The molecule has 46 heavy (non-hydrogen) atoms. The first-order valence-electron chi connectivity index (χ1n) is 16.1. The average molecular weight is 618 g/mol. The van der Waals surface area contributed by atoms with Crippen molar-refractivity contribution in [2.75, 3.05) is 54.8 Å². The molecule has 3 aliphatic heterocycles. The summed E-state index contributed by atoms with van der Waals surface area (Å²) in [4.78, 5) is 31.3. The van der Waals surface area contributed by atoms with Gasteiger partial charge < -0.3 is 20.6 Å². The Hall–Kier alpha value is -4.96. The normalized spacial score (nSPS) is 19.7. The molecule has 1 aromatic heterocycles. The summed E-state index contributed by atoms with van der Waals surface area (Å²) in [6.45, 7) is 6.08. The molecule has 10 heteroatoms. The molecule has 0 aliphatic carbocycles. The molecule has 1 atom stereocenters. The number of hydrogen-bond acceptors (Lipinski definition) is 9. The summed E-state index contributed by atoms with van der Waals surface area (Å²) in [5, 5.41) is 21.1. The number of rotatable bonds is 6. The molecule has 3 aliphatic rings. The third-order valence-corrected chi connectivity index (χ3v) is 9.74. The van der Waals surface area contributed by atoms with Gasteiger partial charge in [0.05, 0.1) is 11.6 Å². The highest BCUT2D eigenvalue weighted by Crippen LogP contribution is 2.34. The van der Waals surface area contributed by atoms with Crippen molar-refractivity contribution in [3.05, 3.63) is 84.4 Å². The summed E-state index contributed by atoms with van der Waals surface area (Å²) >= 11 is 0. The first-order chi connectivity index (χ1) is 22.4. The van der Waals surface area contributed by atoms with Crippen molar-refractivity contribution in [1.82, 2.24) is 20.4 Å². The number of aromatic hydroxyl groups is 1. The van der Waals surface area contributed by atoms with Crippen LogP contribution in [0.1, 0.15) is 37.2 Å². The molecule has 4 heterocycles. The van der Waals surface area contributed by atoms with Crippen LogP contribution in [-0.2, 0) is 9.59 Å². The molecule has 4 aromatic rings. The molecule has 3 saturated heterocycles. The highest BCUT2D eigenvalue weighted by Gasteiger charge is 2.30. The summed E-state index contributed by atoms with van der Waals surface area (Å²) in [5.74, 6) is -0.0889. The quantitative estimate of drug-likeness (QED) is 0.270. The Morgan fingerprint density at radius 2 is 1.39 bits per heavy atom. The van der Waals surface area contributed by atoms with Gasteiger partial charge in [-0.15, -0.1) is 10.2 Å². The van der Waals surface area contributed by atoms with E-state index in [0.29, 0.717) is 36.0 Å². The number of phenols is 1. The van der Waals surface area contributed by atoms with Gasteiger partial charge in [-0.25, -0.2) is 0 Å². The van der Waals surface area contributed by atoms with Crippen molar-refractivity contribution in [2.45, 2.75) is 37.6 Å². The fourth-order valence-electron chi connectivity index (χ4n) is 7.07. The second-order valence-electron chi connectivity index (χ2n) is 12.4. The highest BCUT2D eigenvalue weighted by molar-refractivity contribution is 6.01. The van der Waals surface area contributed by atoms with Gasteiger partial charge in [0.25, 0.3) is 0 Å². The van der Waals surface area contributed by atoms with Crippen molar-refractivity contribution in [3.63, 3.8) is 0 Å². The number of carbonyl (C=O) groups is 2. The van der Waals surface area contributed by atoms with Gasteiger partial charge in [-0.3, -0.25) is 19.8 Å². The summed E-state index contributed by atoms with van der Waals surface area (Å²) in [7, 11) is 0. The lowest BCUT2D eigenvalue weighted by Gasteiger charge is -2.44.